The Bertz CT molecular complexity index is 1400. The lowest BCUT2D eigenvalue weighted by Gasteiger charge is -2.27. The Morgan fingerprint density at radius 2 is 2.03 bits per heavy atom. The number of morpholine rings is 1. The van der Waals surface area contributed by atoms with Gasteiger partial charge in [0.1, 0.15) is 17.8 Å². The molecule has 1 saturated heterocycles. The van der Waals surface area contributed by atoms with Gasteiger partial charge in [-0.1, -0.05) is 6.07 Å². The molecule has 5 rings (SSSR count). The lowest BCUT2D eigenvalue weighted by atomic mass is 10.1. The summed E-state index contributed by atoms with van der Waals surface area (Å²) in [6.07, 6.45) is 3.46. The highest BCUT2D eigenvalue weighted by Gasteiger charge is 2.21. The van der Waals surface area contributed by atoms with Crippen molar-refractivity contribution in [1.82, 2.24) is 20.3 Å². The summed E-state index contributed by atoms with van der Waals surface area (Å²) in [4.78, 5) is 30.0. The van der Waals surface area contributed by atoms with E-state index in [1.165, 1.54) is 11.9 Å². The van der Waals surface area contributed by atoms with Crippen LogP contribution in [0.15, 0.2) is 47.8 Å². The van der Waals surface area contributed by atoms with Crippen LogP contribution in [0, 0.1) is 6.92 Å². The van der Waals surface area contributed by atoms with E-state index in [4.69, 9.17) is 9.47 Å². The second-order valence-corrected chi connectivity index (χ2v) is 10.0. The molecule has 11 heteroatoms. The van der Waals surface area contributed by atoms with Crippen LogP contribution in [0.1, 0.15) is 15.9 Å². The standard InChI is InChI=1S/C25H26N6O3S2/c1-15-20-22(23(29-14-28-20)31-7-9-34-10-8-31)35-21(15)17-12-19(25(33-3)27-13-17)30-36-18-6-4-5-16(11-18)24(32)26-2/h4-6,11-14,30H,7-10H2,1-3H3,(H,26,32). The van der Waals surface area contributed by atoms with E-state index in [1.54, 1.807) is 37.9 Å². The van der Waals surface area contributed by atoms with Gasteiger partial charge in [-0.05, 0) is 48.7 Å². The van der Waals surface area contributed by atoms with Crippen molar-refractivity contribution in [1.29, 1.82) is 0 Å². The van der Waals surface area contributed by atoms with E-state index in [9.17, 15) is 4.79 Å². The predicted octanol–water partition coefficient (Wildman–Crippen LogP) is 4.39. The monoisotopic (exact) mass is 522 g/mol. The maximum Gasteiger partial charge on any atom is 0.251 e. The van der Waals surface area contributed by atoms with Gasteiger partial charge in [0.15, 0.2) is 0 Å². The fraction of sp³-hybridized carbons (Fsp3) is 0.280. The zero-order chi connectivity index (χ0) is 25.1. The fourth-order valence-electron chi connectivity index (χ4n) is 4.06. The molecule has 1 amide bonds. The van der Waals surface area contributed by atoms with Crippen LogP contribution in [0.25, 0.3) is 20.7 Å². The highest BCUT2D eigenvalue weighted by molar-refractivity contribution is 8.00. The van der Waals surface area contributed by atoms with Crippen LogP contribution in [0.5, 0.6) is 5.88 Å². The number of hydrogen-bond donors (Lipinski definition) is 2. The summed E-state index contributed by atoms with van der Waals surface area (Å²) in [6.45, 7) is 5.11. The molecule has 186 valence electrons. The van der Waals surface area contributed by atoms with Crippen LogP contribution in [0.3, 0.4) is 0 Å². The molecular formula is C25H26N6O3S2. The van der Waals surface area contributed by atoms with E-state index < -0.39 is 0 Å². The van der Waals surface area contributed by atoms with Crippen molar-refractivity contribution in [2.75, 3.05) is 50.1 Å². The van der Waals surface area contributed by atoms with Crippen molar-refractivity contribution < 1.29 is 14.3 Å². The number of anilines is 2. The molecule has 2 N–H and O–H groups in total. The summed E-state index contributed by atoms with van der Waals surface area (Å²) in [5, 5.41) is 2.65. The molecule has 1 aromatic carbocycles. The number of amides is 1. The number of benzene rings is 1. The smallest absolute Gasteiger partial charge is 0.251 e. The minimum absolute atomic E-state index is 0.126. The topological polar surface area (TPSA) is 102 Å². The van der Waals surface area contributed by atoms with Gasteiger partial charge in [-0.3, -0.25) is 4.79 Å². The van der Waals surface area contributed by atoms with Crippen LogP contribution >= 0.6 is 23.3 Å². The molecule has 1 fully saturated rings. The third-order valence-corrected chi connectivity index (χ3v) is 8.04. The molecule has 1 aliphatic heterocycles. The Balaban J connectivity index is 1.46. The number of nitrogens with one attached hydrogen (secondary N) is 2. The summed E-state index contributed by atoms with van der Waals surface area (Å²) in [6, 6.07) is 9.44. The number of pyridine rings is 1. The third-order valence-electron chi connectivity index (χ3n) is 5.90. The summed E-state index contributed by atoms with van der Waals surface area (Å²) in [5.74, 6) is 1.31. The van der Waals surface area contributed by atoms with Crippen LogP contribution < -0.4 is 19.7 Å². The fourth-order valence-corrected chi connectivity index (χ4v) is 6.02. The van der Waals surface area contributed by atoms with E-state index in [1.807, 2.05) is 30.5 Å². The second kappa shape index (κ2) is 10.7. The van der Waals surface area contributed by atoms with Crippen molar-refractivity contribution in [2.24, 2.45) is 0 Å². The van der Waals surface area contributed by atoms with Gasteiger partial charge in [0.2, 0.25) is 5.88 Å². The maximum absolute atomic E-state index is 12.0. The number of ether oxygens (including phenoxy) is 2. The molecule has 0 radical (unpaired) electrons. The molecular weight excluding hydrogens is 496 g/mol. The molecule has 0 bridgehead atoms. The van der Waals surface area contributed by atoms with Crippen LogP contribution in [0.4, 0.5) is 11.5 Å². The molecule has 36 heavy (non-hydrogen) atoms. The number of carbonyl (C=O) groups excluding carboxylic acids is 1. The Morgan fingerprint density at radius 1 is 1.19 bits per heavy atom. The minimum atomic E-state index is -0.126. The number of aromatic nitrogens is 3. The lowest BCUT2D eigenvalue weighted by Crippen LogP contribution is -2.36. The molecule has 3 aromatic heterocycles. The van der Waals surface area contributed by atoms with Crippen LogP contribution in [-0.4, -0.2) is 61.3 Å². The van der Waals surface area contributed by atoms with E-state index in [2.05, 4.69) is 36.8 Å². The Labute approximate surface area is 217 Å². The van der Waals surface area contributed by atoms with E-state index in [0.29, 0.717) is 24.7 Å². The molecule has 0 unspecified atom stereocenters. The third kappa shape index (κ3) is 4.81. The Kier molecular flexibility index (Phi) is 7.21. The van der Waals surface area contributed by atoms with Gasteiger partial charge >= 0.3 is 0 Å². The van der Waals surface area contributed by atoms with E-state index in [0.717, 1.165) is 55.7 Å². The molecule has 0 atom stereocenters. The summed E-state index contributed by atoms with van der Waals surface area (Å²) < 4.78 is 15.4. The quantitative estimate of drug-likeness (QED) is 0.342. The summed E-state index contributed by atoms with van der Waals surface area (Å²) in [5.41, 5.74) is 4.35. The van der Waals surface area contributed by atoms with Crippen LogP contribution in [-0.2, 0) is 4.74 Å². The van der Waals surface area contributed by atoms with Crippen molar-refractivity contribution in [3.63, 3.8) is 0 Å². The van der Waals surface area contributed by atoms with Gasteiger partial charge in [-0.15, -0.1) is 11.3 Å². The number of hydrogen-bond acceptors (Lipinski definition) is 10. The number of nitrogens with zero attached hydrogens (tertiary/aromatic N) is 4. The van der Waals surface area contributed by atoms with Gasteiger partial charge in [-0.2, -0.15) is 0 Å². The average molecular weight is 523 g/mol. The first-order chi connectivity index (χ1) is 17.6. The summed E-state index contributed by atoms with van der Waals surface area (Å²) in [7, 11) is 3.22. The minimum Gasteiger partial charge on any atom is -0.480 e. The van der Waals surface area contributed by atoms with Gasteiger partial charge in [0, 0.05) is 47.2 Å². The highest BCUT2D eigenvalue weighted by atomic mass is 32.2. The number of methoxy groups -OCH3 is 1. The number of thiophene rings is 1. The normalized spacial score (nSPS) is 13.6. The van der Waals surface area contributed by atoms with E-state index >= 15 is 0 Å². The number of fused-ring (bicyclic) bond motifs is 1. The maximum atomic E-state index is 12.0. The first kappa shape index (κ1) is 24.3. The Morgan fingerprint density at radius 3 is 2.81 bits per heavy atom. The molecule has 1 aliphatic rings. The average Bonchev–Trinajstić information content (AvgIpc) is 3.28. The van der Waals surface area contributed by atoms with Gasteiger partial charge in [-0.25, -0.2) is 15.0 Å². The number of rotatable bonds is 7. The van der Waals surface area contributed by atoms with Gasteiger partial charge < -0.3 is 24.4 Å². The zero-order valence-electron chi connectivity index (χ0n) is 20.2. The van der Waals surface area contributed by atoms with Gasteiger partial charge in [0.05, 0.1) is 30.5 Å². The van der Waals surface area contributed by atoms with Crippen molar-refractivity contribution >= 4 is 50.9 Å². The highest BCUT2D eigenvalue weighted by Crippen LogP contribution is 2.42. The predicted molar refractivity (Wildman–Crippen MR) is 144 cm³/mol. The second-order valence-electron chi connectivity index (χ2n) is 8.12. The van der Waals surface area contributed by atoms with Gasteiger partial charge in [0.25, 0.3) is 5.91 Å². The lowest BCUT2D eigenvalue weighted by molar-refractivity contribution is 0.0963. The van der Waals surface area contributed by atoms with Crippen molar-refractivity contribution in [3.8, 4) is 16.3 Å². The first-order valence-electron chi connectivity index (χ1n) is 11.4. The molecule has 0 spiro atoms. The van der Waals surface area contributed by atoms with Crippen molar-refractivity contribution in [2.45, 2.75) is 11.8 Å². The zero-order valence-corrected chi connectivity index (χ0v) is 21.8. The number of carbonyl (C=O) groups is 1. The molecule has 4 heterocycles. The number of aryl methyl sites for hydroxylation is 1. The van der Waals surface area contributed by atoms with E-state index in [-0.39, 0.29) is 5.91 Å². The van der Waals surface area contributed by atoms with Crippen LogP contribution in [0.2, 0.25) is 0 Å². The summed E-state index contributed by atoms with van der Waals surface area (Å²) >= 11 is 3.07. The molecule has 4 aromatic rings. The molecule has 9 nitrogen and oxygen atoms in total. The molecule has 0 saturated carbocycles. The molecule has 0 aliphatic carbocycles. The largest absolute Gasteiger partial charge is 0.480 e. The first-order valence-corrected chi connectivity index (χ1v) is 13.1. The SMILES string of the molecule is CNC(=O)c1cccc(SNc2cc(-c3sc4c(N5CCOCC5)ncnc4c3C)cnc2OC)c1. The Hall–Kier alpha value is -3.41. The van der Waals surface area contributed by atoms with Crippen molar-refractivity contribution in [3.05, 3.63) is 54.0 Å².